The summed E-state index contributed by atoms with van der Waals surface area (Å²) in [4.78, 5) is 4.75. The Morgan fingerprint density at radius 2 is 0.956 bits per heavy atom. The molecule has 0 saturated heterocycles. The molecule has 0 aliphatic rings. The zero-order chi connectivity index (χ0) is 44.9. The van der Waals surface area contributed by atoms with Crippen LogP contribution in [0, 0.1) is 0 Å². The fourth-order valence-corrected chi connectivity index (χ4v) is 13.6. The third-order valence-electron chi connectivity index (χ3n) is 13.4. The van der Waals surface area contributed by atoms with E-state index in [2.05, 4.69) is 250 Å². The zero-order valence-electron chi connectivity index (χ0n) is 36.4. The predicted octanol–water partition coefficient (Wildman–Crippen LogP) is 16.6. The fraction of sp³-hybridized carbons (Fsp3) is 0. The van der Waals surface area contributed by atoms with E-state index < -0.39 is 0 Å². The number of benzene rings is 11. The molecule has 68 heavy (non-hydrogen) atoms. The summed E-state index contributed by atoms with van der Waals surface area (Å²) in [7, 11) is 0. The van der Waals surface area contributed by atoms with Crippen LogP contribution in [0.3, 0.4) is 0 Å². The summed E-state index contributed by atoms with van der Waals surface area (Å²) < 4.78 is 17.6. The van der Waals surface area contributed by atoms with Gasteiger partial charge in [-0.1, -0.05) is 0 Å². The SMILES string of the molecule is [Se]c1c(-c2ccccc2)cccc1N(c1ccccc1)c1ccc2cc3c(cc2c1)oc1ccc2c4cc5ccc(N(c6ccccc6)c6cccc7c6[se]c6ccccc67)cc5cc4oc2c13. The molecule has 11 aromatic carbocycles. The Balaban J connectivity index is 0.888. The molecule has 0 aliphatic carbocycles. The number of hydrogen-bond donors (Lipinski definition) is 0. The van der Waals surface area contributed by atoms with Crippen molar-refractivity contribution >= 4 is 154 Å². The van der Waals surface area contributed by atoms with Crippen LogP contribution >= 0.6 is 0 Å². The Kier molecular flexibility index (Phi) is 9.05. The molecule has 0 bridgehead atoms. The Labute approximate surface area is 405 Å². The summed E-state index contributed by atoms with van der Waals surface area (Å²) in [6.45, 7) is 0. The fourth-order valence-electron chi connectivity index (χ4n) is 10.3. The summed E-state index contributed by atoms with van der Waals surface area (Å²) in [6.07, 6.45) is 0. The topological polar surface area (TPSA) is 32.8 Å². The number of nitrogens with zero attached hydrogens (tertiary/aromatic N) is 2. The van der Waals surface area contributed by atoms with Gasteiger partial charge < -0.3 is 0 Å². The molecule has 319 valence electrons. The number of para-hydroxylation sites is 2. The van der Waals surface area contributed by atoms with Crippen LogP contribution in [-0.4, -0.2) is 30.5 Å². The number of hydrogen-bond acceptors (Lipinski definition) is 4. The van der Waals surface area contributed by atoms with Gasteiger partial charge in [-0.3, -0.25) is 0 Å². The average molecular weight is 1000 g/mol. The molecule has 0 saturated carbocycles. The van der Waals surface area contributed by atoms with Gasteiger partial charge in [-0.2, -0.15) is 0 Å². The van der Waals surface area contributed by atoms with Gasteiger partial charge in [0.25, 0.3) is 0 Å². The van der Waals surface area contributed by atoms with Crippen molar-refractivity contribution < 1.29 is 8.83 Å². The molecule has 0 aliphatic heterocycles. The van der Waals surface area contributed by atoms with E-state index in [1.807, 2.05) is 0 Å². The summed E-state index contributed by atoms with van der Waals surface area (Å²) in [5.74, 6) is 0. The standard InChI is InChI=1S/C62H37N2O2Se2/c67-61-47(38-14-4-1-5-15-38)21-12-23-53(61)63(43-16-6-2-7-17-43)45-28-27-40-35-52-57(37-42(40)32-45)65-55-31-30-49-51-34-39-26-29-46(33-41(39)36-56(51)66-60(49)59(52)55)64(44-18-8-3-9-19-44)54-24-13-22-50-48-20-10-11-25-58(48)68-62(50)54/h1-37H. The van der Waals surface area contributed by atoms with E-state index in [0.717, 1.165) is 104 Å². The summed E-state index contributed by atoms with van der Waals surface area (Å²) >= 11 is 3.63. The number of rotatable bonds is 7. The van der Waals surface area contributed by atoms with Gasteiger partial charge in [0.2, 0.25) is 0 Å². The quantitative estimate of drug-likeness (QED) is 0.149. The second kappa shape index (κ2) is 15.6. The van der Waals surface area contributed by atoms with Gasteiger partial charge in [-0.05, 0) is 0 Å². The maximum absolute atomic E-state index is 6.94. The molecule has 14 rings (SSSR count). The molecule has 1 radical (unpaired) electrons. The molecule has 0 unspecified atom stereocenters. The van der Waals surface area contributed by atoms with Crippen LogP contribution < -0.4 is 14.3 Å². The molecular formula is C62H37N2O2Se2. The van der Waals surface area contributed by atoms with Gasteiger partial charge >= 0.3 is 408 Å². The Morgan fingerprint density at radius 1 is 0.368 bits per heavy atom. The van der Waals surface area contributed by atoms with Crippen LogP contribution in [0.15, 0.2) is 233 Å². The van der Waals surface area contributed by atoms with E-state index in [4.69, 9.17) is 8.83 Å². The summed E-state index contributed by atoms with van der Waals surface area (Å²) in [6, 6.07) is 80.7. The molecule has 0 spiro atoms. The van der Waals surface area contributed by atoms with Gasteiger partial charge in [0, 0.05) is 0 Å². The molecule has 0 N–H and O–H groups in total. The van der Waals surface area contributed by atoms with Gasteiger partial charge in [0.1, 0.15) is 0 Å². The Bertz CT molecular complexity index is 4290. The first kappa shape index (κ1) is 39.4. The van der Waals surface area contributed by atoms with Crippen LogP contribution in [0.2, 0.25) is 0 Å². The van der Waals surface area contributed by atoms with Crippen molar-refractivity contribution in [3.63, 3.8) is 0 Å². The molecule has 3 heterocycles. The van der Waals surface area contributed by atoms with Crippen LogP contribution in [0.1, 0.15) is 0 Å². The number of anilines is 6. The van der Waals surface area contributed by atoms with E-state index in [9.17, 15) is 0 Å². The minimum absolute atomic E-state index is 0.197. The molecular weight excluding hydrogens is 963 g/mol. The molecule has 4 nitrogen and oxygen atoms in total. The van der Waals surface area contributed by atoms with Crippen molar-refractivity contribution in [2.24, 2.45) is 0 Å². The van der Waals surface area contributed by atoms with Crippen LogP contribution in [0.4, 0.5) is 34.1 Å². The van der Waals surface area contributed by atoms with Gasteiger partial charge in [-0.25, -0.2) is 0 Å². The molecule has 0 fully saturated rings. The van der Waals surface area contributed by atoms with Crippen molar-refractivity contribution in [2.75, 3.05) is 9.80 Å². The Hall–Kier alpha value is -7.82. The summed E-state index contributed by atoms with van der Waals surface area (Å²) in [5.41, 5.74) is 12.3. The molecule has 0 atom stereocenters. The molecule has 14 aromatic rings. The maximum atomic E-state index is 6.94. The van der Waals surface area contributed by atoms with Crippen molar-refractivity contribution in [1.29, 1.82) is 0 Å². The first-order valence-corrected chi connectivity index (χ1v) is 25.3. The van der Waals surface area contributed by atoms with Crippen molar-refractivity contribution in [2.45, 2.75) is 0 Å². The summed E-state index contributed by atoms with van der Waals surface area (Å²) in [5, 5.41) is 11.4. The van der Waals surface area contributed by atoms with E-state index in [-0.39, 0.29) is 14.5 Å². The van der Waals surface area contributed by atoms with Crippen LogP contribution in [0.25, 0.3) is 95.8 Å². The second-order valence-electron chi connectivity index (χ2n) is 17.4. The first-order chi connectivity index (χ1) is 33.6. The van der Waals surface area contributed by atoms with Crippen LogP contribution in [0.5, 0.6) is 0 Å². The first-order valence-electron chi connectivity index (χ1n) is 22.8. The molecule has 6 heteroatoms. The van der Waals surface area contributed by atoms with Gasteiger partial charge in [0.05, 0.1) is 0 Å². The third-order valence-corrected chi connectivity index (χ3v) is 16.9. The van der Waals surface area contributed by atoms with E-state index in [1.54, 1.807) is 0 Å². The van der Waals surface area contributed by atoms with Crippen molar-refractivity contribution in [3.05, 3.63) is 224 Å². The predicted molar refractivity (Wildman–Crippen MR) is 288 cm³/mol. The van der Waals surface area contributed by atoms with Gasteiger partial charge in [-0.15, -0.1) is 0 Å². The van der Waals surface area contributed by atoms with Crippen molar-refractivity contribution in [1.82, 2.24) is 0 Å². The Morgan fingerprint density at radius 3 is 1.68 bits per heavy atom. The van der Waals surface area contributed by atoms with E-state index in [0.29, 0.717) is 0 Å². The third kappa shape index (κ3) is 6.27. The van der Waals surface area contributed by atoms with E-state index in [1.165, 1.54) is 30.5 Å². The normalized spacial score (nSPS) is 11.9. The number of fused-ring (bicyclic) bond motifs is 12. The zero-order valence-corrected chi connectivity index (χ0v) is 39.8. The second-order valence-corrected chi connectivity index (χ2v) is 20.5. The van der Waals surface area contributed by atoms with Crippen molar-refractivity contribution in [3.8, 4) is 11.1 Å². The number of furan rings is 2. The molecule has 0 amide bonds. The van der Waals surface area contributed by atoms with Gasteiger partial charge in [0.15, 0.2) is 0 Å². The monoisotopic (exact) mass is 1000 g/mol. The van der Waals surface area contributed by atoms with Crippen LogP contribution in [-0.2, 0) is 0 Å². The minimum atomic E-state index is 0.197. The van der Waals surface area contributed by atoms with E-state index >= 15 is 0 Å². The average Bonchev–Trinajstić information content (AvgIpc) is 4.07. The molecule has 3 aromatic heterocycles.